The Morgan fingerprint density at radius 2 is 1.75 bits per heavy atom. The second kappa shape index (κ2) is 5.74. The van der Waals surface area contributed by atoms with Gasteiger partial charge in [0.1, 0.15) is 0 Å². The summed E-state index contributed by atoms with van der Waals surface area (Å²) in [5, 5.41) is 4.28. The number of hydrogen-bond acceptors (Lipinski definition) is 2. The monoisotopic (exact) mass is 235 g/mol. The number of aryl methyl sites for hydroxylation is 2. The molecular formula is C14H21NS. The Morgan fingerprint density at radius 3 is 2.38 bits per heavy atom. The van der Waals surface area contributed by atoms with E-state index < -0.39 is 0 Å². The lowest BCUT2D eigenvalue weighted by atomic mass is 10.1. The largest absolute Gasteiger partial charge is 0.317 e. The average molecular weight is 235 g/mol. The van der Waals surface area contributed by atoms with Gasteiger partial charge in [-0.3, -0.25) is 0 Å². The molecule has 1 saturated heterocycles. The quantitative estimate of drug-likeness (QED) is 0.863. The number of benzene rings is 1. The van der Waals surface area contributed by atoms with E-state index in [1.165, 1.54) is 48.4 Å². The number of rotatable bonds is 3. The van der Waals surface area contributed by atoms with Gasteiger partial charge in [-0.25, -0.2) is 0 Å². The highest BCUT2D eigenvalue weighted by Crippen LogP contribution is 2.25. The molecule has 0 atom stereocenters. The molecule has 1 N–H and O–H groups in total. The first-order valence-corrected chi connectivity index (χ1v) is 7.18. The Morgan fingerprint density at radius 1 is 1.12 bits per heavy atom. The van der Waals surface area contributed by atoms with E-state index in [1.54, 1.807) is 0 Å². The predicted octanol–water partition coefficient (Wildman–Crippen LogP) is 3.29. The summed E-state index contributed by atoms with van der Waals surface area (Å²) in [6, 6.07) is 6.89. The Hall–Kier alpha value is -0.470. The zero-order valence-electron chi connectivity index (χ0n) is 10.3. The van der Waals surface area contributed by atoms with Gasteiger partial charge in [-0.15, -0.1) is 0 Å². The highest BCUT2D eigenvalue weighted by atomic mass is 32.2. The topological polar surface area (TPSA) is 12.0 Å². The van der Waals surface area contributed by atoms with E-state index in [0.29, 0.717) is 0 Å². The summed E-state index contributed by atoms with van der Waals surface area (Å²) < 4.78 is 0. The van der Waals surface area contributed by atoms with Crippen LogP contribution in [0.1, 0.15) is 29.5 Å². The van der Waals surface area contributed by atoms with Crippen LogP contribution in [0.2, 0.25) is 0 Å². The Bertz CT molecular complexity index is 322. The second-order valence-electron chi connectivity index (χ2n) is 4.76. The lowest BCUT2D eigenvalue weighted by molar-refractivity contribution is 0.531. The van der Waals surface area contributed by atoms with Crippen LogP contribution in [0.15, 0.2) is 18.2 Å². The van der Waals surface area contributed by atoms with Crippen molar-refractivity contribution in [1.29, 1.82) is 0 Å². The van der Waals surface area contributed by atoms with Gasteiger partial charge in [-0.1, -0.05) is 29.3 Å². The highest BCUT2D eigenvalue weighted by molar-refractivity contribution is 7.99. The van der Waals surface area contributed by atoms with E-state index >= 15 is 0 Å². The van der Waals surface area contributed by atoms with Gasteiger partial charge in [0.15, 0.2) is 0 Å². The van der Waals surface area contributed by atoms with E-state index in [2.05, 4.69) is 49.1 Å². The summed E-state index contributed by atoms with van der Waals surface area (Å²) in [5.74, 6) is 1.17. The summed E-state index contributed by atoms with van der Waals surface area (Å²) in [5.41, 5.74) is 4.27. The van der Waals surface area contributed by atoms with Gasteiger partial charge in [0.2, 0.25) is 0 Å². The maximum Gasteiger partial charge on any atom is 0.0187 e. The van der Waals surface area contributed by atoms with Gasteiger partial charge in [-0.05, 0) is 45.3 Å². The molecule has 1 aliphatic rings. The van der Waals surface area contributed by atoms with Gasteiger partial charge in [0, 0.05) is 11.0 Å². The fourth-order valence-corrected chi connectivity index (χ4v) is 3.49. The van der Waals surface area contributed by atoms with Crippen LogP contribution in [-0.2, 0) is 5.75 Å². The molecule has 0 radical (unpaired) electrons. The minimum absolute atomic E-state index is 0.863. The molecule has 0 aromatic heterocycles. The standard InChI is InChI=1S/C14H21NS/c1-11-7-12(2)9-13(8-11)10-16-14-3-5-15-6-4-14/h7-9,14-15H,3-6,10H2,1-2H3. The Balaban J connectivity index is 1.88. The van der Waals surface area contributed by atoms with Crippen LogP contribution in [0, 0.1) is 13.8 Å². The highest BCUT2D eigenvalue weighted by Gasteiger charge is 2.13. The maximum absolute atomic E-state index is 3.42. The van der Waals surface area contributed by atoms with E-state index in [1.807, 2.05) is 0 Å². The first-order valence-electron chi connectivity index (χ1n) is 6.13. The molecule has 2 rings (SSSR count). The van der Waals surface area contributed by atoms with Crippen molar-refractivity contribution in [3.8, 4) is 0 Å². The first kappa shape index (κ1) is 12.0. The Labute approximate surface area is 103 Å². The smallest absolute Gasteiger partial charge is 0.0187 e. The normalized spacial score (nSPS) is 17.6. The Kier molecular flexibility index (Phi) is 4.30. The van der Waals surface area contributed by atoms with Gasteiger partial charge >= 0.3 is 0 Å². The van der Waals surface area contributed by atoms with Crippen molar-refractivity contribution in [1.82, 2.24) is 5.32 Å². The zero-order chi connectivity index (χ0) is 11.4. The van der Waals surface area contributed by atoms with Crippen molar-refractivity contribution in [3.63, 3.8) is 0 Å². The lowest BCUT2D eigenvalue weighted by Gasteiger charge is -2.22. The SMILES string of the molecule is Cc1cc(C)cc(CSC2CCNCC2)c1. The molecule has 1 aromatic carbocycles. The third-order valence-corrected chi connectivity index (χ3v) is 4.50. The number of thioether (sulfide) groups is 1. The molecule has 0 aliphatic carbocycles. The van der Waals surface area contributed by atoms with Crippen LogP contribution in [0.3, 0.4) is 0 Å². The lowest BCUT2D eigenvalue weighted by Crippen LogP contribution is -2.29. The summed E-state index contributed by atoms with van der Waals surface area (Å²) in [6.45, 7) is 6.77. The van der Waals surface area contributed by atoms with Crippen LogP contribution in [0.5, 0.6) is 0 Å². The number of piperidine rings is 1. The summed E-state index contributed by atoms with van der Waals surface area (Å²) >= 11 is 2.13. The van der Waals surface area contributed by atoms with Gasteiger partial charge < -0.3 is 5.32 Å². The van der Waals surface area contributed by atoms with Gasteiger partial charge in [0.25, 0.3) is 0 Å². The van der Waals surface area contributed by atoms with Crippen LogP contribution in [0.4, 0.5) is 0 Å². The van der Waals surface area contributed by atoms with Crippen molar-refractivity contribution < 1.29 is 0 Å². The second-order valence-corrected chi connectivity index (χ2v) is 6.04. The molecule has 16 heavy (non-hydrogen) atoms. The molecule has 0 spiro atoms. The van der Waals surface area contributed by atoms with Gasteiger partial charge in [-0.2, -0.15) is 11.8 Å². The summed E-state index contributed by atoms with van der Waals surface area (Å²) in [4.78, 5) is 0. The van der Waals surface area contributed by atoms with Crippen LogP contribution < -0.4 is 5.32 Å². The average Bonchev–Trinajstić information content (AvgIpc) is 2.27. The minimum Gasteiger partial charge on any atom is -0.317 e. The van der Waals surface area contributed by atoms with Crippen molar-refractivity contribution in [3.05, 3.63) is 34.9 Å². The predicted molar refractivity (Wildman–Crippen MR) is 73.1 cm³/mol. The van der Waals surface area contributed by atoms with Crippen LogP contribution >= 0.6 is 11.8 Å². The minimum atomic E-state index is 0.863. The van der Waals surface area contributed by atoms with E-state index in [4.69, 9.17) is 0 Å². The molecule has 2 heteroatoms. The van der Waals surface area contributed by atoms with Crippen LogP contribution in [0.25, 0.3) is 0 Å². The van der Waals surface area contributed by atoms with Crippen molar-refractivity contribution >= 4 is 11.8 Å². The molecule has 0 bridgehead atoms. The number of hydrogen-bond donors (Lipinski definition) is 1. The molecule has 1 aliphatic heterocycles. The first-order chi connectivity index (χ1) is 7.74. The molecule has 0 amide bonds. The van der Waals surface area contributed by atoms with Crippen molar-refractivity contribution in [2.24, 2.45) is 0 Å². The third-order valence-electron chi connectivity index (χ3n) is 3.05. The van der Waals surface area contributed by atoms with Crippen molar-refractivity contribution in [2.45, 2.75) is 37.7 Å². The van der Waals surface area contributed by atoms with Gasteiger partial charge in [0.05, 0.1) is 0 Å². The molecule has 1 fully saturated rings. The fourth-order valence-electron chi connectivity index (χ4n) is 2.33. The molecule has 0 unspecified atom stereocenters. The molecule has 88 valence electrons. The number of nitrogens with one attached hydrogen (secondary N) is 1. The molecule has 1 nitrogen and oxygen atoms in total. The molecule has 0 saturated carbocycles. The van der Waals surface area contributed by atoms with E-state index in [0.717, 1.165) is 5.25 Å². The summed E-state index contributed by atoms with van der Waals surface area (Å²) in [7, 11) is 0. The molecule has 1 aromatic rings. The van der Waals surface area contributed by atoms with E-state index in [-0.39, 0.29) is 0 Å². The fraction of sp³-hybridized carbons (Fsp3) is 0.571. The maximum atomic E-state index is 3.42. The van der Waals surface area contributed by atoms with E-state index in [9.17, 15) is 0 Å². The summed E-state index contributed by atoms with van der Waals surface area (Å²) in [6.07, 6.45) is 2.66. The molecule has 1 heterocycles. The third kappa shape index (κ3) is 3.53. The zero-order valence-corrected chi connectivity index (χ0v) is 11.1. The molecular weight excluding hydrogens is 214 g/mol. The van der Waals surface area contributed by atoms with Crippen LogP contribution in [-0.4, -0.2) is 18.3 Å². The van der Waals surface area contributed by atoms with Crippen molar-refractivity contribution in [2.75, 3.05) is 13.1 Å².